The Hall–Kier alpha value is -1.53. The molecule has 0 saturated carbocycles. The van der Waals surface area contributed by atoms with Gasteiger partial charge in [0.25, 0.3) is 0 Å². The van der Waals surface area contributed by atoms with Crippen LogP contribution in [0, 0.1) is 0 Å². The molecule has 7 N–H and O–H groups in total. The van der Waals surface area contributed by atoms with Crippen molar-refractivity contribution in [3.05, 3.63) is 24.3 Å². The molecule has 2 saturated heterocycles. The third-order valence-electron chi connectivity index (χ3n) is 12.7. The molecule has 2 fully saturated rings. The molecule has 0 aromatic carbocycles. The van der Waals surface area contributed by atoms with Crippen LogP contribution >= 0.6 is 0 Å². The number of allylic oxidation sites excluding steroid dienone is 4. The van der Waals surface area contributed by atoms with Crippen LogP contribution < -0.4 is 0 Å². The van der Waals surface area contributed by atoms with Crippen LogP contribution in [0.25, 0.3) is 0 Å². The average Bonchev–Trinajstić information content (AvgIpc) is 3.31. The zero-order valence-corrected chi connectivity index (χ0v) is 41.2. The first-order valence-electron chi connectivity index (χ1n) is 26.4. The molecule has 0 bridgehead atoms. The minimum atomic E-state index is -1.70. The van der Waals surface area contributed by atoms with Crippen molar-refractivity contribution in [1.82, 2.24) is 0 Å². The van der Waals surface area contributed by atoms with E-state index in [0.29, 0.717) is 13.0 Å². The summed E-state index contributed by atoms with van der Waals surface area (Å²) in [6.45, 7) is 3.68. The van der Waals surface area contributed by atoms with Gasteiger partial charge >= 0.3 is 5.97 Å². The first kappa shape index (κ1) is 60.6. The zero-order chi connectivity index (χ0) is 48.0. The van der Waals surface area contributed by atoms with Crippen molar-refractivity contribution in [2.24, 2.45) is 0 Å². The number of carbonyl (C=O) groups is 1. The molecule has 2 rings (SSSR count). The Morgan fingerprint density at radius 2 is 0.939 bits per heavy atom. The lowest BCUT2D eigenvalue weighted by Crippen LogP contribution is -2.61. The van der Waals surface area contributed by atoms with Crippen LogP contribution in [-0.4, -0.2) is 142 Å². The number of esters is 1. The normalized spacial score (nSPS) is 26.4. The van der Waals surface area contributed by atoms with Gasteiger partial charge < -0.3 is 64.2 Å². The molecule has 2 aliphatic rings. The van der Waals surface area contributed by atoms with Crippen LogP contribution in [0.2, 0.25) is 0 Å². The van der Waals surface area contributed by atoms with Crippen LogP contribution in [0.4, 0.5) is 0 Å². The minimum Gasteiger partial charge on any atom is -0.457 e. The van der Waals surface area contributed by atoms with Crippen molar-refractivity contribution in [2.45, 2.75) is 268 Å². The summed E-state index contributed by atoms with van der Waals surface area (Å²) in [5.74, 6) is -0.378. The third kappa shape index (κ3) is 27.6. The van der Waals surface area contributed by atoms with Crippen molar-refractivity contribution in [1.29, 1.82) is 0 Å². The molecule has 0 radical (unpaired) electrons. The Bertz CT molecular complexity index is 1190. The minimum absolute atomic E-state index is 0.0640. The lowest BCUT2D eigenvalue weighted by atomic mass is 9.98. The fraction of sp³-hybridized carbons (Fsp3) is 0.904. The van der Waals surface area contributed by atoms with Gasteiger partial charge in [0.15, 0.2) is 12.6 Å². The highest BCUT2D eigenvalue weighted by Gasteiger charge is 2.47. The molecule has 0 aromatic heterocycles. The predicted octanol–water partition coefficient (Wildman–Crippen LogP) is 8.02. The SMILES string of the molecule is CCCCC/C=C\C/C=C\CCCCCCCCCCCC(=O)OC(COCCCCCCCCCCCCCCC)COC1OC(COC2OC(CO)C(O)C(O)C2O)C(O)C(O)C1O. The number of aliphatic hydroxyl groups is 7. The van der Waals surface area contributed by atoms with E-state index < -0.39 is 80.7 Å². The van der Waals surface area contributed by atoms with Gasteiger partial charge in [-0.05, 0) is 44.9 Å². The molecular weight excluding hydrogens is 849 g/mol. The maximum Gasteiger partial charge on any atom is 0.306 e. The van der Waals surface area contributed by atoms with Crippen molar-refractivity contribution < 1.29 is 69.0 Å². The lowest BCUT2D eigenvalue weighted by molar-refractivity contribution is -0.332. The van der Waals surface area contributed by atoms with Gasteiger partial charge in [0.1, 0.15) is 54.9 Å². The summed E-state index contributed by atoms with van der Waals surface area (Å²) in [6, 6.07) is 0. The van der Waals surface area contributed by atoms with Crippen molar-refractivity contribution in [3.8, 4) is 0 Å². The molecule has 11 atom stereocenters. The lowest BCUT2D eigenvalue weighted by Gasteiger charge is -2.42. The summed E-state index contributed by atoms with van der Waals surface area (Å²) in [4.78, 5) is 13.0. The zero-order valence-electron chi connectivity index (χ0n) is 41.2. The number of aliphatic hydroxyl groups excluding tert-OH is 7. The number of hydrogen-bond donors (Lipinski definition) is 7. The maximum atomic E-state index is 13.0. The van der Waals surface area contributed by atoms with E-state index in [-0.39, 0.29) is 25.6 Å². The highest BCUT2D eigenvalue weighted by molar-refractivity contribution is 5.69. The van der Waals surface area contributed by atoms with E-state index in [0.717, 1.165) is 51.4 Å². The molecule has 0 amide bonds. The molecule has 0 spiro atoms. The third-order valence-corrected chi connectivity index (χ3v) is 12.7. The molecule has 0 aliphatic carbocycles. The van der Waals surface area contributed by atoms with Crippen LogP contribution in [0.5, 0.6) is 0 Å². The molecule has 0 aromatic rings. The fourth-order valence-corrected chi connectivity index (χ4v) is 8.37. The van der Waals surface area contributed by atoms with Gasteiger partial charge in [0.05, 0.1) is 26.4 Å². The number of carbonyl (C=O) groups excluding carboxylic acids is 1. The van der Waals surface area contributed by atoms with Crippen LogP contribution in [-0.2, 0) is 33.2 Å². The van der Waals surface area contributed by atoms with E-state index in [9.17, 15) is 40.5 Å². The number of ether oxygens (including phenoxy) is 6. The van der Waals surface area contributed by atoms with Gasteiger partial charge in [-0.15, -0.1) is 0 Å². The first-order chi connectivity index (χ1) is 32.1. The summed E-state index contributed by atoms with van der Waals surface area (Å²) in [5, 5.41) is 72.1. The van der Waals surface area contributed by atoms with Crippen molar-refractivity contribution in [3.63, 3.8) is 0 Å². The monoisotopic (exact) mass is 945 g/mol. The van der Waals surface area contributed by atoms with Gasteiger partial charge in [-0.2, -0.15) is 0 Å². The molecule has 2 aliphatic heterocycles. The molecule has 11 unspecified atom stereocenters. The van der Waals surface area contributed by atoms with Crippen molar-refractivity contribution in [2.75, 3.05) is 33.0 Å². The van der Waals surface area contributed by atoms with E-state index in [1.807, 2.05) is 0 Å². The first-order valence-corrected chi connectivity index (χ1v) is 26.4. The topological polar surface area (TPSA) is 214 Å². The molecule has 388 valence electrons. The summed E-state index contributed by atoms with van der Waals surface area (Å²) in [7, 11) is 0. The van der Waals surface area contributed by atoms with E-state index in [1.165, 1.54) is 122 Å². The second kappa shape index (κ2) is 40.2. The van der Waals surface area contributed by atoms with Crippen LogP contribution in [0.15, 0.2) is 24.3 Å². The number of unbranched alkanes of at least 4 members (excludes halogenated alkanes) is 24. The Morgan fingerprint density at radius 3 is 1.48 bits per heavy atom. The fourth-order valence-electron chi connectivity index (χ4n) is 8.37. The Balaban J connectivity index is 1.75. The van der Waals surface area contributed by atoms with Gasteiger partial charge in [-0.3, -0.25) is 4.79 Å². The molecular formula is C52H96O14. The summed E-state index contributed by atoms with van der Waals surface area (Å²) in [6.07, 6.45) is 26.6. The highest BCUT2D eigenvalue weighted by Crippen LogP contribution is 2.26. The second-order valence-electron chi connectivity index (χ2n) is 18.7. The Morgan fingerprint density at radius 1 is 0.500 bits per heavy atom. The molecule has 66 heavy (non-hydrogen) atoms. The summed E-state index contributed by atoms with van der Waals surface area (Å²) >= 11 is 0. The van der Waals surface area contributed by atoms with Crippen molar-refractivity contribution >= 4 is 5.97 Å². The van der Waals surface area contributed by atoms with E-state index in [1.54, 1.807) is 0 Å². The molecule has 2 heterocycles. The quantitative estimate of drug-likeness (QED) is 0.0175. The van der Waals surface area contributed by atoms with E-state index >= 15 is 0 Å². The largest absolute Gasteiger partial charge is 0.457 e. The summed E-state index contributed by atoms with van der Waals surface area (Å²) in [5.41, 5.74) is 0. The molecule has 14 heteroatoms. The Labute approximate surface area is 398 Å². The van der Waals surface area contributed by atoms with Gasteiger partial charge in [-0.1, -0.05) is 173 Å². The van der Waals surface area contributed by atoms with Gasteiger partial charge in [-0.25, -0.2) is 0 Å². The highest BCUT2D eigenvalue weighted by atomic mass is 16.7. The second-order valence-corrected chi connectivity index (χ2v) is 18.7. The van der Waals surface area contributed by atoms with E-state index in [2.05, 4.69) is 38.2 Å². The van der Waals surface area contributed by atoms with Gasteiger partial charge in [0.2, 0.25) is 0 Å². The van der Waals surface area contributed by atoms with Crippen LogP contribution in [0.3, 0.4) is 0 Å². The average molecular weight is 945 g/mol. The molecule has 14 nitrogen and oxygen atoms in total. The van der Waals surface area contributed by atoms with E-state index in [4.69, 9.17) is 28.4 Å². The smallest absolute Gasteiger partial charge is 0.306 e. The Kier molecular flexibility index (Phi) is 36.9. The predicted molar refractivity (Wildman–Crippen MR) is 257 cm³/mol. The number of rotatable bonds is 42. The standard InChI is InChI=1S/C52H96O14/c1-3-5-7-9-11-13-15-17-18-19-20-21-22-23-25-27-29-31-33-35-44(54)64-41(38-61-36-34-32-30-28-26-24-16-14-12-10-8-6-4-2)39-62-51-50(60)48(58)46(56)43(66-51)40-63-52-49(59)47(57)45(55)42(37-53)65-52/h11,13,17-18,41-43,45-53,55-60H,3-10,12,14-16,19-40H2,1-2H3/b13-11-,18-17-. The van der Waals surface area contributed by atoms with Gasteiger partial charge in [0, 0.05) is 13.0 Å². The summed E-state index contributed by atoms with van der Waals surface area (Å²) < 4.78 is 34.3. The van der Waals surface area contributed by atoms with Crippen LogP contribution in [0.1, 0.15) is 200 Å². The number of hydrogen-bond acceptors (Lipinski definition) is 14. The maximum absolute atomic E-state index is 13.0.